The zero-order valence-corrected chi connectivity index (χ0v) is 10.4. The third kappa shape index (κ3) is 2.87. The highest BCUT2D eigenvalue weighted by molar-refractivity contribution is 7.88. The molecule has 98 valence electrons. The van der Waals surface area contributed by atoms with Gasteiger partial charge in [0.05, 0.1) is 17.9 Å². The van der Waals surface area contributed by atoms with Crippen LogP contribution in [0.3, 0.4) is 0 Å². The first-order valence-electron chi connectivity index (χ1n) is 5.44. The number of hydroxylamine groups is 1. The molecule has 1 aliphatic heterocycles. The van der Waals surface area contributed by atoms with Gasteiger partial charge in [-0.05, 0) is 24.1 Å². The average Bonchev–Trinajstić information content (AvgIpc) is 2.83. The maximum Gasteiger partial charge on any atom is 0.335 e. The van der Waals surface area contributed by atoms with Gasteiger partial charge in [-0.2, -0.15) is 0 Å². The number of aromatic carboxylic acids is 1. The second-order valence-corrected chi connectivity index (χ2v) is 5.83. The van der Waals surface area contributed by atoms with E-state index in [1.807, 2.05) is 0 Å². The molecule has 0 amide bonds. The lowest BCUT2D eigenvalue weighted by Gasteiger charge is -2.14. The van der Waals surface area contributed by atoms with Crippen molar-refractivity contribution in [2.24, 2.45) is 0 Å². The summed E-state index contributed by atoms with van der Waals surface area (Å²) in [5.74, 6) is -1.22. The van der Waals surface area contributed by atoms with E-state index < -0.39 is 16.0 Å². The Kier molecular flexibility index (Phi) is 3.65. The summed E-state index contributed by atoms with van der Waals surface area (Å²) < 4.78 is 24.8. The van der Waals surface area contributed by atoms with Crippen LogP contribution in [0.15, 0.2) is 24.3 Å². The summed E-state index contributed by atoms with van der Waals surface area (Å²) in [4.78, 5) is 15.7. The van der Waals surface area contributed by atoms with Crippen molar-refractivity contribution < 1.29 is 23.2 Å². The molecule has 1 aliphatic rings. The molecule has 1 aromatic rings. The topological polar surface area (TPSA) is 83.9 Å². The highest BCUT2D eigenvalue weighted by atomic mass is 32.2. The van der Waals surface area contributed by atoms with Crippen LogP contribution in [0.1, 0.15) is 22.3 Å². The number of carboxylic acid groups (broad SMARTS) is 1. The Balaban J connectivity index is 2.11. The largest absolute Gasteiger partial charge is 0.478 e. The van der Waals surface area contributed by atoms with Gasteiger partial charge in [0, 0.05) is 6.54 Å². The van der Waals surface area contributed by atoms with Gasteiger partial charge in [0.2, 0.25) is 10.0 Å². The Morgan fingerprint density at radius 3 is 2.50 bits per heavy atom. The lowest BCUT2D eigenvalue weighted by atomic mass is 10.1. The van der Waals surface area contributed by atoms with Crippen LogP contribution in [0.25, 0.3) is 0 Å². The van der Waals surface area contributed by atoms with Crippen molar-refractivity contribution in [3.63, 3.8) is 0 Å². The van der Waals surface area contributed by atoms with Gasteiger partial charge < -0.3 is 5.11 Å². The molecule has 7 heteroatoms. The number of hydrogen-bond acceptors (Lipinski definition) is 4. The molecular formula is C11H13NO5S. The van der Waals surface area contributed by atoms with E-state index in [1.54, 1.807) is 0 Å². The van der Waals surface area contributed by atoms with Crippen molar-refractivity contribution in [1.82, 2.24) is 4.47 Å². The summed E-state index contributed by atoms with van der Waals surface area (Å²) >= 11 is 0. The Morgan fingerprint density at radius 2 is 2.00 bits per heavy atom. The van der Waals surface area contributed by atoms with Crippen LogP contribution < -0.4 is 0 Å². The molecule has 1 aromatic carbocycles. The highest BCUT2D eigenvalue weighted by Crippen LogP contribution is 2.16. The number of nitrogens with zero attached hydrogens (tertiary/aromatic N) is 1. The molecule has 1 heterocycles. The predicted octanol–water partition coefficient (Wildman–Crippen LogP) is 0.852. The first-order chi connectivity index (χ1) is 8.49. The summed E-state index contributed by atoms with van der Waals surface area (Å²) in [6.45, 7) is 0.784. The number of rotatable bonds is 4. The second kappa shape index (κ2) is 5.05. The average molecular weight is 271 g/mol. The lowest BCUT2D eigenvalue weighted by Crippen LogP contribution is -2.28. The second-order valence-electron chi connectivity index (χ2n) is 3.97. The van der Waals surface area contributed by atoms with Crippen molar-refractivity contribution in [2.75, 3.05) is 13.2 Å². The monoisotopic (exact) mass is 271 g/mol. The minimum Gasteiger partial charge on any atom is -0.478 e. The lowest BCUT2D eigenvalue weighted by molar-refractivity contribution is -0.0286. The van der Waals surface area contributed by atoms with E-state index in [0.29, 0.717) is 25.1 Å². The Bertz CT molecular complexity index is 531. The van der Waals surface area contributed by atoms with Crippen LogP contribution in [-0.4, -0.2) is 37.1 Å². The first-order valence-corrected chi connectivity index (χ1v) is 7.05. The molecule has 0 spiro atoms. The van der Waals surface area contributed by atoms with Crippen molar-refractivity contribution in [1.29, 1.82) is 0 Å². The molecule has 1 fully saturated rings. The quantitative estimate of drug-likeness (QED) is 0.877. The van der Waals surface area contributed by atoms with Gasteiger partial charge in [-0.3, -0.25) is 4.84 Å². The minimum atomic E-state index is -3.48. The molecule has 0 radical (unpaired) electrons. The SMILES string of the molecule is O=C(O)c1ccc(CS(=O)(=O)N2CCCO2)cc1. The predicted molar refractivity (Wildman–Crippen MR) is 63.3 cm³/mol. The van der Waals surface area contributed by atoms with E-state index in [4.69, 9.17) is 9.94 Å². The number of sulfonamides is 1. The van der Waals surface area contributed by atoms with E-state index >= 15 is 0 Å². The molecule has 1 saturated heterocycles. The molecule has 0 saturated carbocycles. The fourth-order valence-electron chi connectivity index (χ4n) is 1.67. The summed E-state index contributed by atoms with van der Waals surface area (Å²) in [5.41, 5.74) is 0.670. The van der Waals surface area contributed by atoms with Crippen LogP contribution in [0, 0.1) is 0 Å². The van der Waals surface area contributed by atoms with Crippen LogP contribution in [0.2, 0.25) is 0 Å². The molecule has 0 aliphatic carbocycles. The standard InChI is InChI=1S/C11H13NO5S/c13-11(14)10-4-2-9(3-5-10)8-18(15,16)12-6-1-7-17-12/h2-5H,1,6-8H2,(H,13,14). The molecule has 1 N–H and O–H groups in total. The zero-order chi connectivity index (χ0) is 13.2. The zero-order valence-electron chi connectivity index (χ0n) is 9.57. The van der Waals surface area contributed by atoms with E-state index in [1.165, 1.54) is 24.3 Å². The third-order valence-corrected chi connectivity index (χ3v) is 4.19. The minimum absolute atomic E-state index is 0.133. The van der Waals surface area contributed by atoms with Crippen LogP contribution in [0.4, 0.5) is 0 Å². The molecular weight excluding hydrogens is 258 g/mol. The number of benzene rings is 1. The number of hydrogen-bond donors (Lipinski definition) is 1. The third-order valence-electron chi connectivity index (χ3n) is 2.58. The van der Waals surface area contributed by atoms with Gasteiger partial charge in [-0.1, -0.05) is 16.6 Å². The number of carbonyl (C=O) groups is 1. The normalized spacial score (nSPS) is 16.9. The van der Waals surface area contributed by atoms with E-state index in [0.717, 1.165) is 4.47 Å². The fourth-order valence-corrected chi connectivity index (χ4v) is 3.07. The first kappa shape index (κ1) is 13.0. The molecule has 2 rings (SSSR count). The molecule has 0 unspecified atom stereocenters. The highest BCUT2D eigenvalue weighted by Gasteiger charge is 2.26. The molecule has 18 heavy (non-hydrogen) atoms. The van der Waals surface area contributed by atoms with E-state index in [9.17, 15) is 13.2 Å². The maximum atomic E-state index is 11.9. The fraction of sp³-hybridized carbons (Fsp3) is 0.364. The summed E-state index contributed by atoms with van der Waals surface area (Å²) in [6.07, 6.45) is 0.692. The molecule has 6 nitrogen and oxygen atoms in total. The van der Waals surface area contributed by atoms with E-state index in [-0.39, 0.29) is 11.3 Å². The van der Waals surface area contributed by atoms with Crippen molar-refractivity contribution in [3.05, 3.63) is 35.4 Å². The van der Waals surface area contributed by atoms with Crippen LogP contribution in [0.5, 0.6) is 0 Å². The van der Waals surface area contributed by atoms with Crippen molar-refractivity contribution in [3.8, 4) is 0 Å². The van der Waals surface area contributed by atoms with Gasteiger partial charge in [-0.15, -0.1) is 0 Å². The Morgan fingerprint density at radius 1 is 1.33 bits per heavy atom. The molecule has 0 bridgehead atoms. The molecule has 0 atom stereocenters. The summed E-state index contributed by atoms with van der Waals surface area (Å²) in [6, 6.07) is 5.77. The van der Waals surface area contributed by atoms with Gasteiger partial charge in [0.15, 0.2) is 0 Å². The summed E-state index contributed by atoms with van der Waals surface area (Å²) in [5, 5.41) is 8.73. The van der Waals surface area contributed by atoms with Crippen LogP contribution >= 0.6 is 0 Å². The Hall–Kier alpha value is -1.44. The van der Waals surface area contributed by atoms with Crippen molar-refractivity contribution >= 4 is 16.0 Å². The van der Waals surface area contributed by atoms with Gasteiger partial charge in [-0.25, -0.2) is 13.2 Å². The number of carboxylic acids is 1. The van der Waals surface area contributed by atoms with E-state index in [2.05, 4.69) is 0 Å². The van der Waals surface area contributed by atoms with Gasteiger partial charge >= 0.3 is 5.97 Å². The summed E-state index contributed by atoms with van der Waals surface area (Å²) in [7, 11) is -3.48. The van der Waals surface area contributed by atoms with Crippen LogP contribution in [-0.2, 0) is 20.6 Å². The Labute approximate surface area is 105 Å². The maximum absolute atomic E-state index is 11.9. The van der Waals surface area contributed by atoms with Gasteiger partial charge in [0.25, 0.3) is 0 Å². The van der Waals surface area contributed by atoms with Crippen molar-refractivity contribution in [2.45, 2.75) is 12.2 Å². The van der Waals surface area contributed by atoms with Gasteiger partial charge in [0.1, 0.15) is 0 Å². The smallest absolute Gasteiger partial charge is 0.335 e. The molecule has 0 aromatic heterocycles.